The van der Waals surface area contributed by atoms with Crippen molar-refractivity contribution in [2.45, 2.75) is 6.04 Å². The number of hydrogen-bond donors (Lipinski definition) is 1. The second-order valence-corrected chi connectivity index (χ2v) is 3.90. The van der Waals surface area contributed by atoms with Gasteiger partial charge >= 0.3 is 0 Å². The van der Waals surface area contributed by atoms with Crippen molar-refractivity contribution in [3.8, 4) is 0 Å². The summed E-state index contributed by atoms with van der Waals surface area (Å²) in [4.78, 5) is 2.16. The quantitative estimate of drug-likeness (QED) is 0.809. The van der Waals surface area contributed by atoms with Crippen molar-refractivity contribution in [2.75, 3.05) is 25.0 Å². The summed E-state index contributed by atoms with van der Waals surface area (Å²) in [5.41, 5.74) is 0.989. The van der Waals surface area contributed by atoms with E-state index in [-0.39, 0.29) is 10.8 Å². The van der Waals surface area contributed by atoms with Gasteiger partial charge in [-0.05, 0) is 25.2 Å². The smallest absolute Gasteiger partial charge is 0.141 e. The Hall–Kier alpha value is -0.800. The zero-order valence-corrected chi connectivity index (χ0v) is 8.68. The minimum atomic E-state index is -0.360. The van der Waals surface area contributed by atoms with Crippen LogP contribution in [0.5, 0.6) is 0 Å². The zero-order valence-electron chi connectivity index (χ0n) is 7.93. The molecule has 0 unspecified atom stereocenters. The molecule has 0 bridgehead atoms. The molecule has 0 amide bonds. The van der Waals surface area contributed by atoms with Crippen LogP contribution in [-0.4, -0.2) is 26.2 Å². The third-order valence-corrected chi connectivity index (χ3v) is 2.85. The second-order valence-electron chi connectivity index (χ2n) is 3.49. The van der Waals surface area contributed by atoms with E-state index in [0.717, 1.165) is 18.8 Å². The van der Waals surface area contributed by atoms with Gasteiger partial charge < -0.3 is 10.2 Å². The fourth-order valence-corrected chi connectivity index (χ4v) is 1.73. The maximum atomic E-state index is 12.9. The van der Waals surface area contributed by atoms with Crippen LogP contribution in [0.4, 0.5) is 10.1 Å². The maximum Gasteiger partial charge on any atom is 0.141 e. The van der Waals surface area contributed by atoms with Crippen LogP contribution in [0.2, 0.25) is 5.02 Å². The molecule has 0 saturated carbocycles. The van der Waals surface area contributed by atoms with Gasteiger partial charge in [0.05, 0.1) is 5.02 Å². The molecule has 0 spiro atoms. The van der Waals surface area contributed by atoms with E-state index in [1.54, 1.807) is 12.1 Å². The first-order valence-corrected chi connectivity index (χ1v) is 4.96. The molecule has 0 radical (unpaired) electrons. The monoisotopic (exact) mass is 214 g/mol. The summed E-state index contributed by atoms with van der Waals surface area (Å²) >= 11 is 5.69. The van der Waals surface area contributed by atoms with Crippen molar-refractivity contribution in [1.82, 2.24) is 5.32 Å². The van der Waals surface area contributed by atoms with Crippen LogP contribution in [0, 0.1) is 5.82 Å². The molecule has 0 aromatic heterocycles. The lowest BCUT2D eigenvalue weighted by Gasteiger charge is -2.40. The molecule has 1 saturated heterocycles. The Kier molecular flexibility index (Phi) is 2.61. The average Bonchev–Trinajstić information content (AvgIpc) is 2.09. The van der Waals surface area contributed by atoms with Gasteiger partial charge in [0.15, 0.2) is 0 Å². The van der Waals surface area contributed by atoms with E-state index < -0.39 is 0 Å². The summed E-state index contributed by atoms with van der Waals surface area (Å²) in [6, 6.07) is 5.37. The van der Waals surface area contributed by atoms with Crippen LogP contribution in [0.1, 0.15) is 0 Å². The largest absolute Gasteiger partial charge is 0.368 e. The first-order chi connectivity index (χ1) is 6.70. The molecule has 1 aromatic rings. The highest BCUT2D eigenvalue weighted by Gasteiger charge is 2.25. The van der Waals surface area contributed by atoms with E-state index in [0.29, 0.717) is 6.04 Å². The topological polar surface area (TPSA) is 15.3 Å². The van der Waals surface area contributed by atoms with Crippen molar-refractivity contribution in [1.29, 1.82) is 0 Å². The molecule has 2 rings (SSSR count). The standard InChI is InChI=1S/C10H12ClFN2/c1-13-7-5-14(6-7)8-2-3-10(12)9(11)4-8/h2-4,7,13H,5-6H2,1H3. The summed E-state index contributed by atoms with van der Waals surface area (Å²) in [6.45, 7) is 1.91. The van der Waals surface area contributed by atoms with Crippen molar-refractivity contribution < 1.29 is 4.39 Å². The van der Waals surface area contributed by atoms with Gasteiger partial charge in [0.2, 0.25) is 0 Å². The average molecular weight is 215 g/mol. The molecule has 1 N–H and O–H groups in total. The van der Waals surface area contributed by atoms with E-state index in [1.807, 2.05) is 7.05 Å². The fourth-order valence-electron chi connectivity index (χ4n) is 1.55. The molecule has 1 aromatic carbocycles. The van der Waals surface area contributed by atoms with Gasteiger partial charge in [0.25, 0.3) is 0 Å². The van der Waals surface area contributed by atoms with Crippen LogP contribution in [-0.2, 0) is 0 Å². The summed E-state index contributed by atoms with van der Waals surface area (Å²) < 4.78 is 12.9. The van der Waals surface area contributed by atoms with Gasteiger partial charge in [0.1, 0.15) is 5.82 Å². The molecule has 2 nitrogen and oxygen atoms in total. The van der Waals surface area contributed by atoms with Crippen molar-refractivity contribution in [2.24, 2.45) is 0 Å². The highest BCUT2D eigenvalue weighted by atomic mass is 35.5. The van der Waals surface area contributed by atoms with Crippen LogP contribution in [0.3, 0.4) is 0 Å². The molecule has 76 valence electrons. The van der Waals surface area contributed by atoms with Crippen molar-refractivity contribution in [3.05, 3.63) is 29.0 Å². The van der Waals surface area contributed by atoms with Crippen molar-refractivity contribution >= 4 is 17.3 Å². The van der Waals surface area contributed by atoms with Crippen LogP contribution < -0.4 is 10.2 Å². The lowest BCUT2D eigenvalue weighted by molar-refractivity contribution is 0.450. The van der Waals surface area contributed by atoms with E-state index >= 15 is 0 Å². The Morgan fingerprint density at radius 3 is 2.79 bits per heavy atom. The number of hydrogen-bond acceptors (Lipinski definition) is 2. The highest BCUT2D eigenvalue weighted by Crippen LogP contribution is 2.25. The Balaban J connectivity index is 2.08. The second kappa shape index (κ2) is 3.75. The SMILES string of the molecule is CNC1CN(c2ccc(F)c(Cl)c2)C1. The molecule has 4 heteroatoms. The number of anilines is 1. The lowest BCUT2D eigenvalue weighted by atomic mass is 10.1. The van der Waals surface area contributed by atoms with E-state index in [2.05, 4.69) is 10.2 Å². The lowest BCUT2D eigenvalue weighted by Crippen LogP contribution is -2.57. The molecule has 1 heterocycles. The molecular formula is C10H12ClFN2. The van der Waals surface area contributed by atoms with Crippen LogP contribution in [0.15, 0.2) is 18.2 Å². The van der Waals surface area contributed by atoms with Gasteiger partial charge in [-0.2, -0.15) is 0 Å². The van der Waals surface area contributed by atoms with Gasteiger partial charge in [-0.25, -0.2) is 4.39 Å². The van der Waals surface area contributed by atoms with E-state index in [9.17, 15) is 4.39 Å². The predicted molar refractivity (Wildman–Crippen MR) is 56.5 cm³/mol. The van der Waals surface area contributed by atoms with Gasteiger partial charge in [-0.3, -0.25) is 0 Å². The third kappa shape index (κ3) is 1.70. The number of nitrogens with zero attached hydrogens (tertiary/aromatic N) is 1. The Bertz CT molecular complexity index is 337. The molecule has 1 aliphatic rings. The number of rotatable bonds is 2. The van der Waals surface area contributed by atoms with Gasteiger partial charge in [-0.1, -0.05) is 11.6 Å². The fraction of sp³-hybridized carbons (Fsp3) is 0.400. The number of likely N-dealkylation sites (N-methyl/N-ethyl adjacent to an activating group) is 1. The van der Waals surface area contributed by atoms with Crippen LogP contribution in [0.25, 0.3) is 0 Å². The highest BCUT2D eigenvalue weighted by molar-refractivity contribution is 6.31. The van der Waals surface area contributed by atoms with E-state index in [4.69, 9.17) is 11.6 Å². The normalized spacial score (nSPS) is 16.9. The minimum Gasteiger partial charge on any atom is -0.368 e. The van der Waals surface area contributed by atoms with Crippen LogP contribution >= 0.6 is 11.6 Å². The molecule has 1 fully saturated rings. The summed E-state index contributed by atoms with van der Waals surface area (Å²) in [6.07, 6.45) is 0. The van der Waals surface area contributed by atoms with Gasteiger partial charge in [0, 0.05) is 24.8 Å². The maximum absolute atomic E-state index is 12.9. The summed E-state index contributed by atoms with van der Waals surface area (Å²) in [5.74, 6) is -0.360. The minimum absolute atomic E-state index is 0.190. The van der Waals surface area contributed by atoms with E-state index in [1.165, 1.54) is 6.07 Å². The summed E-state index contributed by atoms with van der Waals surface area (Å²) in [7, 11) is 1.94. The predicted octanol–water partition coefficient (Wildman–Crippen LogP) is 1.89. The Morgan fingerprint density at radius 1 is 1.50 bits per heavy atom. The Morgan fingerprint density at radius 2 is 2.21 bits per heavy atom. The molecule has 1 aliphatic heterocycles. The van der Waals surface area contributed by atoms with Crippen molar-refractivity contribution in [3.63, 3.8) is 0 Å². The zero-order chi connectivity index (χ0) is 10.1. The van der Waals surface area contributed by atoms with Gasteiger partial charge in [-0.15, -0.1) is 0 Å². The first-order valence-electron chi connectivity index (χ1n) is 4.58. The first kappa shape index (κ1) is 9.74. The Labute approximate surface area is 87.7 Å². The number of benzene rings is 1. The third-order valence-electron chi connectivity index (χ3n) is 2.56. The summed E-state index contributed by atoms with van der Waals surface area (Å²) in [5, 5.41) is 3.37. The number of nitrogens with one attached hydrogen (secondary N) is 1. The molecule has 14 heavy (non-hydrogen) atoms. The molecule has 0 aliphatic carbocycles. The number of halogens is 2. The molecule has 0 atom stereocenters. The molecular weight excluding hydrogens is 203 g/mol.